The van der Waals surface area contributed by atoms with Crippen LogP contribution >= 0.6 is 0 Å². The molecule has 1 aromatic rings. The van der Waals surface area contributed by atoms with E-state index in [1.807, 2.05) is 32.3 Å². The van der Waals surface area contributed by atoms with Gasteiger partial charge in [0.05, 0.1) is 25.2 Å². The molecule has 1 saturated carbocycles. The third-order valence-corrected chi connectivity index (χ3v) is 8.63. The van der Waals surface area contributed by atoms with Gasteiger partial charge in [0.25, 0.3) is 0 Å². The predicted molar refractivity (Wildman–Crippen MR) is 143 cm³/mol. The van der Waals surface area contributed by atoms with Crippen LogP contribution in [0.1, 0.15) is 52.5 Å². The average Bonchev–Trinajstić information content (AvgIpc) is 3.76. The normalized spacial score (nSPS) is 34.2. The Labute approximate surface area is 221 Å². The topological polar surface area (TPSA) is 85.1 Å². The fourth-order valence-electron chi connectivity index (χ4n) is 6.26. The number of epoxide rings is 2. The number of rotatable bonds is 11. The van der Waals surface area contributed by atoms with Crippen LogP contribution in [-0.2, 0) is 30.3 Å². The van der Waals surface area contributed by atoms with Gasteiger partial charge in [-0.25, -0.2) is 0 Å². The Bertz CT molecular complexity index is 1020. The lowest BCUT2D eigenvalue weighted by Gasteiger charge is -2.51. The zero-order valence-electron chi connectivity index (χ0n) is 23.7. The van der Waals surface area contributed by atoms with Gasteiger partial charge in [-0.2, -0.15) is 0 Å². The van der Waals surface area contributed by atoms with Gasteiger partial charge in [-0.1, -0.05) is 18.6 Å². The molecule has 1 spiro atoms. The Kier molecular flexibility index (Phi) is 7.96. The number of nitrogens with zero attached hydrogens (tertiary/aromatic N) is 1. The molecule has 0 radical (unpaired) electrons. The van der Waals surface area contributed by atoms with Gasteiger partial charge in [-0.05, 0) is 72.3 Å². The number of nitrogens with one attached hydrogen (secondary N) is 1. The van der Waals surface area contributed by atoms with Crippen LogP contribution in [0.5, 0.6) is 5.75 Å². The minimum Gasteiger partial charge on any atom is -0.496 e. The standard InChI is InChI=1S/C29H44N2O6/c1-19(2)9-12-24-28(4,37-24)27(3)26(34-8)23(13-14-29(27)18-35-29)36-25(32)16-30-21-10-11-22(33-7)20(15-21)17-31(5)6/h9-11,15,23-24,26,30H,12-14,16-18H2,1-8H3/t23-,24?,26-,27-,28+,29+/m1/s1. The van der Waals surface area contributed by atoms with Gasteiger partial charge in [0, 0.05) is 24.9 Å². The molecule has 2 heterocycles. The predicted octanol–water partition coefficient (Wildman–Crippen LogP) is 4.18. The van der Waals surface area contributed by atoms with Crippen molar-refractivity contribution in [2.24, 2.45) is 5.41 Å². The summed E-state index contributed by atoms with van der Waals surface area (Å²) in [7, 11) is 7.38. The van der Waals surface area contributed by atoms with E-state index in [1.54, 1.807) is 14.2 Å². The number of anilines is 1. The molecule has 2 saturated heterocycles. The van der Waals surface area contributed by atoms with Crippen LogP contribution in [0.25, 0.3) is 0 Å². The summed E-state index contributed by atoms with van der Waals surface area (Å²) in [6, 6.07) is 5.83. The van der Waals surface area contributed by atoms with Crippen molar-refractivity contribution in [1.29, 1.82) is 0 Å². The van der Waals surface area contributed by atoms with Gasteiger partial charge in [-0.15, -0.1) is 0 Å². The van der Waals surface area contributed by atoms with Gasteiger partial charge in [0.2, 0.25) is 0 Å². The number of hydrogen-bond donors (Lipinski definition) is 1. The van der Waals surface area contributed by atoms with E-state index in [2.05, 4.69) is 44.0 Å². The molecule has 3 aliphatic rings. The number of carbonyl (C=O) groups excluding carboxylic acids is 1. The SMILES string of the molecule is COc1ccc(NCC(=O)O[C@@H]2CC[C@]3(CO3)[C@@](C)([C@@]3(C)OC3CC=C(C)C)[C@@H]2OC)cc1CN(C)C. The molecular weight excluding hydrogens is 472 g/mol. The Hall–Kier alpha value is -2.13. The summed E-state index contributed by atoms with van der Waals surface area (Å²) in [4.78, 5) is 15.1. The van der Waals surface area contributed by atoms with Crippen molar-refractivity contribution in [3.63, 3.8) is 0 Å². The fourth-order valence-corrected chi connectivity index (χ4v) is 6.26. The van der Waals surface area contributed by atoms with E-state index in [4.69, 9.17) is 23.7 Å². The minimum absolute atomic E-state index is 0.0655. The van der Waals surface area contributed by atoms with Crippen LogP contribution in [0, 0.1) is 5.41 Å². The Balaban J connectivity index is 1.43. The first kappa shape index (κ1) is 27.9. The van der Waals surface area contributed by atoms with E-state index in [0.717, 1.165) is 36.4 Å². The van der Waals surface area contributed by atoms with Gasteiger partial charge in [0.15, 0.2) is 0 Å². The van der Waals surface area contributed by atoms with E-state index in [1.165, 1.54) is 5.57 Å². The second kappa shape index (κ2) is 10.6. The first-order valence-corrected chi connectivity index (χ1v) is 13.2. The van der Waals surface area contributed by atoms with Gasteiger partial charge in [0.1, 0.15) is 35.7 Å². The highest BCUT2D eigenvalue weighted by molar-refractivity contribution is 5.75. The summed E-state index contributed by atoms with van der Waals surface area (Å²) >= 11 is 0. The summed E-state index contributed by atoms with van der Waals surface area (Å²) in [6.07, 6.45) is 3.98. The maximum Gasteiger partial charge on any atom is 0.325 e. The highest BCUT2D eigenvalue weighted by atomic mass is 16.6. The molecule has 3 fully saturated rings. The van der Waals surface area contributed by atoms with E-state index in [9.17, 15) is 4.79 Å². The molecule has 1 unspecified atom stereocenters. The van der Waals surface area contributed by atoms with Crippen molar-refractivity contribution in [3.05, 3.63) is 35.4 Å². The number of allylic oxidation sites excluding steroid dienone is 1. The number of methoxy groups -OCH3 is 2. The van der Waals surface area contributed by atoms with E-state index in [0.29, 0.717) is 13.0 Å². The van der Waals surface area contributed by atoms with Crippen LogP contribution in [-0.4, -0.2) is 81.8 Å². The maximum atomic E-state index is 13.0. The monoisotopic (exact) mass is 516 g/mol. The molecule has 1 aliphatic carbocycles. The zero-order valence-corrected chi connectivity index (χ0v) is 23.7. The van der Waals surface area contributed by atoms with Crippen LogP contribution in [0.4, 0.5) is 5.69 Å². The molecule has 2 aliphatic heterocycles. The van der Waals surface area contributed by atoms with Crippen molar-refractivity contribution in [2.45, 2.75) is 83.0 Å². The van der Waals surface area contributed by atoms with Crippen LogP contribution < -0.4 is 10.1 Å². The summed E-state index contributed by atoms with van der Waals surface area (Å²) in [5.74, 6) is 0.510. The fraction of sp³-hybridized carbons (Fsp3) is 0.690. The Morgan fingerprint density at radius 1 is 1.24 bits per heavy atom. The lowest BCUT2D eigenvalue weighted by molar-refractivity contribution is -0.191. The smallest absolute Gasteiger partial charge is 0.325 e. The van der Waals surface area contributed by atoms with Crippen molar-refractivity contribution < 1.29 is 28.5 Å². The van der Waals surface area contributed by atoms with Gasteiger partial charge < -0.3 is 33.9 Å². The van der Waals surface area contributed by atoms with Crippen LogP contribution in [0.15, 0.2) is 29.8 Å². The summed E-state index contributed by atoms with van der Waals surface area (Å²) < 4.78 is 30.1. The molecular formula is C29H44N2O6. The molecule has 206 valence electrons. The second-order valence-corrected chi connectivity index (χ2v) is 11.6. The third-order valence-electron chi connectivity index (χ3n) is 8.63. The van der Waals surface area contributed by atoms with E-state index < -0.39 is 11.0 Å². The largest absolute Gasteiger partial charge is 0.496 e. The van der Waals surface area contributed by atoms with E-state index in [-0.39, 0.29) is 36.4 Å². The number of carbonyl (C=O) groups is 1. The minimum atomic E-state index is -0.442. The molecule has 4 rings (SSSR count). The van der Waals surface area contributed by atoms with Crippen LogP contribution in [0.2, 0.25) is 0 Å². The molecule has 1 N–H and O–H groups in total. The average molecular weight is 517 g/mol. The van der Waals surface area contributed by atoms with E-state index >= 15 is 0 Å². The first-order valence-electron chi connectivity index (χ1n) is 13.2. The highest BCUT2D eigenvalue weighted by Gasteiger charge is 2.79. The maximum absolute atomic E-state index is 13.0. The molecule has 8 heteroatoms. The number of hydrogen-bond acceptors (Lipinski definition) is 8. The van der Waals surface area contributed by atoms with Crippen LogP contribution in [0.3, 0.4) is 0 Å². The molecule has 1 aromatic carbocycles. The Morgan fingerprint density at radius 3 is 2.57 bits per heavy atom. The second-order valence-electron chi connectivity index (χ2n) is 11.6. The molecule has 0 aromatic heterocycles. The lowest BCUT2D eigenvalue weighted by atomic mass is 9.57. The molecule has 0 bridgehead atoms. The van der Waals surface area contributed by atoms with Gasteiger partial charge in [-0.3, -0.25) is 4.79 Å². The van der Waals surface area contributed by atoms with Crippen molar-refractivity contribution in [3.8, 4) is 5.75 Å². The number of benzene rings is 1. The summed E-state index contributed by atoms with van der Waals surface area (Å²) in [6.45, 7) is 10.0. The first-order chi connectivity index (χ1) is 17.5. The quantitative estimate of drug-likeness (QED) is 0.266. The Morgan fingerprint density at radius 2 is 1.97 bits per heavy atom. The van der Waals surface area contributed by atoms with Gasteiger partial charge >= 0.3 is 5.97 Å². The molecule has 0 amide bonds. The zero-order chi connectivity index (χ0) is 27.0. The molecule has 37 heavy (non-hydrogen) atoms. The van der Waals surface area contributed by atoms with Crippen molar-refractivity contribution in [2.75, 3.05) is 46.8 Å². The molecule has 6 atom stereocenters. The third kappa shape index (κ3) is 5.26. The highest BCUT2D eigenvalue weighted by Crippen LogP contribution is 2.67. The lowest BCUT2D eigenvalue weighted by Crippen LogP contribution is -2.63. The van der Waals surface area contributed by atoms with Crippen molar-refractivity contribution in [1.82, 2.24) is 4.90 Å². The summed E-state index contributed by atoms with van der Waals surface area (Å²) in [5.41, 5.74) is 2.02. The number of esters is 1. The number of ether oxygens (including phenoxy) is 5. The van der Waals surface area contributed by atoms with Crippen molar-refractivity contribution >= 4 is 11.7 Å². The summed E-state index contributed by atoms with van der Waals surface area (Å²) in [5, 5.41) is 3.21. The molecule has 8 nitrogen and oxygen atoms in total.